The summed E-state index contributed by atoms with van der Waals surface area (Å²) in [5, 5.41) is 5.32. The Morgan fingerprint density at radius 3 is 2.86 bits per heavy atom. The van der Waals surface area contributed by atoms with E-state index in [-0.39, 0.29) is 6.03 Å². The first-order chi connectivity index (χ1) is 6.72. The third-order valence-corrected chi connectivity index (χ3v) is 1.63. The summed E-state index contributed by atoms with van der Waals surface area (Å²) in [6.45, 7) is 4.80. The lowest BCUT2D eigenvalue weighted by Crippen LogP contribution is -2.34. The molecule has 0 spiro atoms. The number of hydrogen-bond acceptors (Lipinski definition) is 3. The highest BCUT2D eigenvalue weighted by atomic mass is 16.2. The number of amides is 2. The Hall–Kier alpha value is -1.65. The van der Waals surface area contributed by atoms with Gasteiger partial charge in [0.15, 0.2) is 0 Å². The molecule has 14 heavy (non-hydrogen) atoms. The van der Waals surface area contributed by atoms with Crippen molar-refractivity contribution in [1.29, 1.82) is 0 Å². The van der Waals surface area contributed by atoms with Crippen LogP contribution in [0.1, 0.15) is 18.3 Å². The SMILES string of the molecule is CCNC(=O)NCc1cc(C)ncn1. The molecule has 2 amide bonds. The Bertz CT molecular complexity index is 313. The highest BCUT2D eigenvalue weighted by Gasteiger charge is 1.99. The number of carbonyl (C=O) groups is 1. The van der Waals surface area contributed by atoms with Crippen molar-refractivity contribution in [1.82, 2.24) is 20.6 Å². The van der Waals surface area contributed by atoms with Crippen LogP contribution in [0.25, 0.3) is 0 Å². The average Bonchev–Trinajstić information content (AvgIpc) is 2.15. The quantitative estimate of drug-likeness (QED) is 0.740. The van der Waals surface area contributed by atoms with Crippen LogP contribution in [0, 0.1) is 6.92 Å². The molecule has 0 saturated heterocycles. The largest absolute Gasteiger partial charge is 0.338 e. The summed E-state index contributed by atoms with van der Waals surface area (Å²) in [7, 11) is 0. The van der Waals surface area contributed by atoms with Crippen molar-refractivity contribution in [2.45, 2.75) is 20.4 Å². The fraction of sp³-hybridized carbons (Fsp3) is 0.444. The maximum Gasteiger partial charge on any atom is 0.315 e. The summed E-state index contributed by atoms with van der Waals surface area (Å²) in [6.07, 6.45) is 1.49. The van der Waals surface area contributed by atoms with Gasteiger partial charge in [0.25, 0.3) is 0 Å². The van der Waals surface area contributed by atoms with Crippen LogP contribution in [0.2, 0.25) is 0 Å². The van der Waals surface area contributed by atoms with Crippen LogP contribution in [0.5, 0.6) is 0 Å². The molecule has 0 unspecified atom stereocenters. The van der Waals surface area contributed by atoms with E-state index in [4.69, 9.17) is 0 Å². The molecule has 0 saturated carbocycles. The maximum atomic E-state index is 11.0. The normalized spacial score (nSPS) is 9.57. The van der Waals surface area contributed by atoms with E-state index in [1.165, 1.54) is 6.33 Å². The van der Waals surface area contributed by atoms with Gasteiger partial charge in [0.05, 0.1) is 12.2 Å². The third kappa shape index (κ3) is 3.38. The molecule has 0 aromatic carbocycles. The van der Waals surface area contributed by atoms with Gasteiger partial charge >= 0.3 is 6.03 Å². The average molecular weight is 194 g/mol. The number of aryl methyl sites for hydroxylation is 1. The molecule has 1 heterocycles. The zero-order chi connectivity index (χ0) is 10.4. The Morgan fingerprint density at radius 1 is 1.43 bits per heavy atom. The van der Waals surface area contributed by atoms with Gasteiger partial charge in [-0.3, -0.25) is 0 Å². The molecule has 1 aromatic rings. The first kappa shape index (κ1) is 10.4. The second-order valence-electron chi connectivity index (χ2n) is 2.86. The molecule has 0 fully saturated rings. The number of hydrogen-bond donors (Lipinski definition) is 2. The van der Waals surface area contributed by atoms with E-state index in [1.807, 2.05) is 19.9 Å². The molecule has 5 nitrogen and oxygen atoms in total. The number of carbonyl (C=O) groups excluding carboxylic acids is 1. The molecule has 0 aliphatic rings. The lowest BCUT2D eigenvalue weighted by atomic mass is 10.3. The predicted octanol–water partition coefficient (Wildman–Crippen LogP) is 0.604. The van der Waals surface area contributed by atoms with E-state index >= 15 is 0 Å². The first-order valence-electron chi connectivity index (χ1n) is 4.51. The van der Waals surface area contributed by atoms with Gasteiger partial charge in [0.1, 0.15) is 6.33 Å². The van der Waals surface area contributed by atoms with E-state index < -0.39 is 0 Å². The van der Waals surface area contributed by atoms with Crippen molar-refractivity contribution >= 4 is 6.03 Å². The van der Waals surface area contributed by atoms with Crippen LogP contribution in [0.3, 0.4) is 0 Å². The highest BCUT2D eigenvalue weighted by molar-refractivity contribution is 5.73. The smallest absolute Gasteiger partial charge is 0.315 e. The molecule has 0 atom stereocenters. The Kier molecular flexibility index (Phi) is 3.84. The van der Waals surface area contributed by atoms with Crippen LogP contribution in [-0.4, -0.2) is 22.5 Å². The van der Waals surface area contributed by atoms with Crippen molar-refractivity contribution < 1.29 is 4.79 Å². The molecule has 0 aliphatic carbocycles. The van der Waals surface area contributed by atoms with Crippen LogP contribution in [0.4, 0.5) is 4.79 Å². The van der Waals surface area contributed by atoms with Crippen molar-refractivity contribution in [3.63, 3.8) is 0 Å². The van der Waals surface area contributed by atoms with E-state index in [0.29, 0.717) is 13.1 Å². The van der Waals surface area contributed by atoms with Crippen LogP contribution < -0.4 is 10.6 Å². The van der Waals surface area contributed by atoms with Crippen LogP contribution >= 0.6 is 0 Å². The molecule has 5 heteroatoms. The lowest BCUT2D eigenvalue weighted by Gasteiger charge is -2.04. The van der Waals surface area contributed by atoms with Gasteiger partial charge in [0.2, 0.25) is 0 Å². The molecule has 1 aromatic heterocycles. The number of nitrogens with zero attached hydrogens (tertiary/aromatic N) is 2. The molecule has 0 bridgehead atoms. The number of aromatic nitrogens is 2. The predicted molar refractivity (Wildman–Crippen MR) is 52.7 cm³/mol. The fourth-order valence-corrected chi connectivity index (χ4v) is 1.00. The number of urea groups is 1. The summed E-state index contributed by atoms with van der Waals surface area (Å²) in [5.41, 5.74) is 1.71. The van der Waals surface area contributed by atoms with Gasteiger partial charge in [-0.2, -0.15) is 0 Å². The van der Waals surface area contributed by atoms with Crippen molar-refractivity contribution in [2.24, 2.45) is 0 Å². The van der Waals surface area contributed by atoms with Crippen LogP contribution in [-0.2, 0) is 6.54 Å². The number of nitrogens with one attached hydrogen (secondary N) is 2. The number of rotatable bonds is 3. The minimum atomic E-state index is -0.177. The zero-order valence-corrected chi connectivity index (χ0v) is 8.37. The van der Waals surface area contributed by atoms with Crippen LogP contribution in [0.15, 0.2) is 12.4 Å². The van der Waals surface area contributed by atoms with Gasteiger partial charge in [-0.1, -0.05) is 0 Å². The fourth-order valence-electron chi connectivity index (χ4n) is 1.00. The van der Waals surface area contributed by atoms with E-state index in [9.17, 15) is 4.79 Å². The molecule has 0 aliphatic heterocycles. The van der Waals surface area contributed by atoms with Gasteiger partial charge in [-0.25, -0.2) is 14.8 Å². The summed E-state index contributed by atoms with van der Waals surface area (Å²) in [5.74, 6) is 0. The van der Waals surface area contributed by atoms with Gasteiger partial charge in [-0.15, -0.1) is 0 Å². The van der Waals surface area contributed by atoms with Crippen molar-refractivity contribution in [3.05, 3.63) is 23.8 Å². The first-order valence-corrected chi connectivity index (χ1v) is 4.51. The van der Waals surface area contributed by atoms with E-state index in [0.717, 1.165) is 11.4 Å². The topological polar surface area (TPSA) is 66.9 Å². The standard InChI is InChI=1S/C9H14N4O/c1-3-10-9(14)11-5-8-4-7(2)12-6-13-8/h4,6H,3,5H2,1-2H3,(H2,10,11,14). The van der Waals surface area contributed by atoms with Gasteiger partial charge in [-0.05, 0) is 19.9 Å². The monoisotopic (exact) mass is 194 g/mol. The van der Waals surface area contributed by atoms with E-state index in [1.54, 1.807) is 0 Å². The third-order valence-electron chi connectivity index (χ3n) is 1.63. The van der Waals surface area contributed by atoms with Gasteiger partial charge < -0.3 is 10.6 Å². The lowest BCUT2D eigenvalue weighted by molar-refractivity contribution is 0.241. The molecule has 2 N–H and O–H groups in total. The molecular formula is C9H14N4O. The molecular weight excluding hydrogens is 180 g/mol. The Balaban J connectivity index is 2.41. The second-order valence-corrected chi connectivity index (χ2v) is 2.86. The maximum absolute atomic E-state index is 11.0. The summed E-state index contributed by atoms with van der Waals surface area (Å²) in [6, 6.07) is 1.66. The minimum Gasteiger partial charge on any atom is -0.338 e. The van der Waals surface area contributed by atoms with Gasteiger partial charge in [0, 0.05) is 12.2 Å². The summed E-state index contributed by atoms with van der Waals surface area (Å²) in [4.78, 5) is 19.0. The molecule has 0 radical (unpaired) electrons. The van der Waals surface area contributed by atoms with Crippen molar-refractivity contribution in [3.8, 4) is 0 Å². The molecule has 76 valence electrons. The van der Waals surface area contributed by atoms with Crippen molar-refractivity contribution in [2.75, 3.05) is 6.54 Å². The Labute approximate surface area is 83.0 Å². The highest BCUT2D eigenvalue weighted by Crippen LogP contribution is 1.95. The Morgan fingerprint density at radius 2 is 2.21 bits per heavy atom. The summed E-state index contributed by atoms with van der Waals surface area (Å²) >= 11 is 0. The zero-order valence-electron chi connectivity index (χ0n) is 8.37. The minimum absolute atomic E-state index is 0.177. The molecule has 1 rings (SSSR count). The van der Waals surface area contributed by atoms with E-state index in [2.05, 4.69) is 20.6 Å². The summed E-state index contributed by atoms with van der Waals surface area (Å²) < 4.78 is 0. The second kappa shape index (κ2) is 5.16.